The minimum Gasteiger partial charge on any atom is -0.383 e. The molecular weight excluding hydrogens is 306 g/mol. The Morgan fingerprint density at radius 2 is 2.08 bits per heavy atom. The minimum atomic E-state index is 0.678. The van der Waals surface area contributed by atoms with Gasteiger partial charge in [-0.2, -0.15) is 0 Å². The van der Waals surface area contributed by atoms with Crippen molar-refractivity contribution >= 4 is 16.9 Å². The first-order chi connectivity index (χ1) is 11.7. The summed E-state index contributed by atoms with van der Waals surface area (Å²) in [7, 11) is 1.73. The van der Waals surface area contributed by atoms with Crippen LogP contribution in [0.25, 0.3) is 11.0 Å². The summed E-state index contributed by atoms with van der Waals surface area (Å²) in [5.41, 5.74) is 3.45. The van der Waals surface area contributed by atoms with Crippen molar-refractivity contribution in [2.45, 2.75) is 20.4 Å². The number of nitrogens with one attached hydrogen (secondary N) is 2. The summed E-state index contributed by atoms with van der Waals surface area (Å²) in [5, 5.41) is 4.64. The van der Waals surface area contributed by atoms with Crippen LogP contribution in [0.2, 0.25) is 0 Å². The highest BCUT2D eigenvalue weighted by Crippen LogP contribution is 2.28. The number of aryl methyl sites for hydroxylation is 1. The molecule has 3 heterocycles. The standard InChI is InChI=1S/C17H27N5O2/c1-13-14(2)22(8-9-23-3)17-15(13)16(19-12-20-17)18-4-5-21-6-10-24-11-7-21/h12H,4-11H2,1-3H3,(H,18,19,20)/p+1. The molecule has 2 aromatic rings. The zero-order valence-corrected chi connectivity index (χ0v) is 14.9. The summed E-state index contributed by atoms with van der Waals surface area (Å²) >= 11 is 0. The van der Waals surface area contributed by atoms with Crippen LogP contribution < -0.4 is 10.2 Å². The first-order valence-electron chi connectivity index (χ1n) is 8.67. The van der Waals surface area contributed by atoms with E-state index in [0.29, 0.717) is 6.61 Å². The van der Waals surface area contributed by atoms with Gasteiger partial charge in [-0.15, -0.1) is 0 Å². The number of ether oxygens (including phenoxy) is 2. The van der Waals surface area contributed by atoms with Crippen LogP contribution in [0.1, 0.15) is 11.3 Å². The van der Waals surface area contributed by atoms with Gasteiger partial charge in [-0.3, -0.25) is 0 Å². The molecule has 2 aromatic heterocycles. The van der Waals surface area contributed by atoms with Crippen LogP contribution in [-0.4, -0.2) is 67.6 Å². The van der Waals surface area contributed by atoms with Gasteiger partial charge in [0, 0.05) is 19.3 Å². The Bertz CT molecular complexity index is 679. The van der Waals surface area contributed by atoms with Gasteiger partial charge < -0.3 is 24.3 Å². The summed E-state index contributed by atoms with van der Waals surface area (Å²) in [6, 6.07) is 0. The average Bonchev–Trinajstić information content (AvgIpc) is 2.86. The van der Waals surface area contributed by atoms with E-state index in [4.69, 9.17) is 9.47 Å². The van der Waals surface area contributed by atoms with Crippen LogP contribution >= 0.6 is 0 Å². The molecule has 0 unspecified atom stereocenters. The van der Waals surface area contributed by atoms with E-state index in [-0.39, 0.29) is 0 Å². The van der Waals surface area contributed by atoms with Gasteiger partial charge in [0.25, 0.3) is 0 Å². The van der Waals surface area contributed by atoms with Crippen molar-refractivity contribution in [1.82, 2.24) is 14.5 Å². The number of hydrogen-bond donors (Lipinski definition) is 2. The molecule has 7 nitrogen and oxygen atoms in total. The van der Waals surface area contributed by atoms with Crippen LogP contribution in [0.5, 0.6) is 0 Å². The Labute approximate surface area is 143 Å². The lowest BCUT2D eigenvalue weighted by molar-refractivity contribution is -0.906. The Hall–Kier alpha value is -1.70. The summed E-state index contributed by atoms with van der Waals surface area (Å²) in [6.07, 6.45) is 1.65. The molecule has 0 amide bonds. The highest BCUT2D eigenvalue weighted by Gasteiger charge is 2.17. The molecule has 0 radical (unpaired) electrons. The monoisotopic (exact) mass is 334 g/mol. The van der Waals surface area contributed by atoms with Gasteiger partial charge in [0.1, 0.15) is 30.9 Å². The van der Waals surface area contributed by atoms with Gasteiger partial charge in [-0.25, -0.2) is 9.97 Å². The molecule has 132 valence electrons. The Kier molecular flexibility index (Phi) is 5.65. The lowest BCUT2D eigenvalue weighted by atomic mass is 10.2. The van der Waals surface area contributed by atoms with Crippen LogP contribution in [0.3, 0.4) is 0 Å². The largest absolute Gasteiger partial charge is 0.383 e. The van der Waals surface area contributed by atoms with E-state index in [1.165, 1.54) is 11.3 Å². The maximum absolute atomic E-state index is 5.41. The van der Waals surface area contributed by atoms with Gasteiger partial charge in [-0.1, -0.05) is 0 Å². The van der Waals surface area contributed by atoms with E-state index < -0.39 is 0 Å². The van der Waals surface area contributed by atoms with E-state index in [2.05, 4.69) is 33.7 Å². The third kappa shape index (κ3) is 3.53. The molecule has 0 saturated carbocycles. The average molecular weight is 334 g/mol. The lowest BCUT2D eigenvalue weighted by Gasteiger charge is -2.23. The summed E-state index contributed by atoms with van der Waals surface area (Å²) in [4.78, 5) is 10.6. The van der Waals surface area contributed by atoms with Crippen molar-refractivity contribution in [2.75, 3.05) is 58.4 Å². The van der Waals surface area contributed by atoms with Crippen molar-refractivity contribution in [3.05, 3.63) is 17.6 Å². The molecule has 0 aliphatic carbocycles. The molecule has 0 aromatic carbocycles. The number of morpholine rings is 1. The predicted molar refractivity (Wildman–Crippen MR) is 93.8 cm³/mol. The molecule has 24 heavy (non-hydrogen) atoms. The fourth-order valence-electron chi connectivity index (χ4n) is 3.33. The van der Waals surface area contributed by atoms with E-state index >= 15 is 0 Å². The Balaban J connectivity index is 1.75. The van der Waals surface area contributed by atoms with Crippen LogP contribution in [0.4, 0.5) is 5.82 Å². The number of anilines is 1. The topological polar surface area (TPSA) is 65.6 Å². The van der Waals surface area contributed by atoms with Crippen LogP contribution in [0.15, 0.2) is 6.33 Å². The highest BCUT2D eigenvalue weighted by molar-refractivity contribution is 5.91. The van der Waals surface area contributed by atoms with E-state index in [1.807, 2.05) is 0 Å². The number of hydrogen-bond acceptors (Lipinski definition) is 5. The van der Waals surface area contributed by atoms with E-state index in [9.17, 15) is 0 Å². The van der Waals surface area contributed by atoms with Gasteiger partial charge >= 0.3 is 0 Å². The van der Waals surface area contributed by atoms with Crippen molar-refractivity contribution in [2.24, 2.45) is 0 Å². The molecule has 1 fully saturated rings. The van der Waals surface area contributed by atoms with Crippen molar-refractivity contribution in [3.8, 4) is 0 Å². The fourth-order valence-corrected chi connectivity index (χ4v) is 3.33. The number of quaternary nitrogens is 1. The second kappa shape index (κ2) is 7.92. The SMILES string of the molecule is COCCn1c(C)c(C)c2c(NCC[NH+]3CCOCC3)ncnc21. The third-order valence-corrected chi connectivity index (χ3v) is 4.90. The highest BCUT2D eigenvalue weighted by atomic mass is 16.5. The first-order valence-corrected chi connectivity index (χ1v) is 8.67. The predicted octanol–water partition coefficient (Wildman–Crippen LogP) is 0.0215. The normalized spacial score (nSPS) is 16.0. The summed E-state index contributed by atoms with van der Waals surface area (Å²) in [5.74, 6) is 0.935. The molecule has 0 spiro atoms. The summed E-state index contributed by atoms with van der Waals surface area (Å²) < 4.78 is 12.9. The molecule has 2 N–H and O–H groups in total. The number of fused-ring (bicyclic) bond motifs is 1. The maximum atomic E-state index is 5.41. The number of methoxy groups -OCH3 is 1. The van der Waals surface area contributed by atoms with E-state index in [1.54, 1.807) is 18.3 Å². The number of rotatable bonds is 7. The van der Waals surface area contributed by atoms with Crippen molar-refractivity contribution in [3.63, 3.8) is 0 Å². The Morgan fingerprint density at radius 1 is 1.29 bits per heavy atom. The molecular formula is C17H28N5O2+. The second-order valence-electron chi connectivity index (χ2n) is 6.31. The quantitative estimate of drug-likeness (QED) is 0.747. The van der Waals surface area contributed by atoms with Crippen LogP contribution in [0, 0.1) is 13.8 Å². The van der Waals surface area contributed by atoms with Crippen LogP contribution in [-0.2, 0) is 16.0 Å². The minimum absolute atomic E-state index is 0.678. The second-order valence-corrected chi connectivity index (χ2v) is 6.31. The zero-order valence-electron chi connectivity index (χ0n) is 14.9. The van der Waals surface area contributed by atoms with Gasteiger partial charge in [0.2, 0.25) is 0 Å². The maximum Gasteiger partial charge on any atom is 0.146 e. The molecule has 7 heteroatoms. The van der Waals surface area contributed by atoms with Crippen molar-refractivity contribution < 1.29 is 14.4 Å². The molecule has 1 saturated heterocycles. The van der Waals surface area contributed by atoms with Gasteiger partial charge in [0.05, 0.1) is 38.3 Å². The first kappa shape index (κ1) is 17.1. The summed E-state index contributed by atoms with van der Waals surface area (Å²) in [6.45, 7) is 11.7. The zero-order chi connectivity index (χ0) is 16.9. The fraction of sp³-hybridized carbons (Fsp3) is 0.647. The molecule has 1 aliphatic rings. The van der Waals surface area contributed by atoms with E-state index in [0.717, 1.165) is 62.8 Å². The third-order valence-electron chi connectivity index (χ3n) is 4.90. The van der Waals surface area contributed by atoms with Crippen molar-refractivity contribution in [1.29, 1.82) is 0 Å². The molecule has 0 atom stereocenters. The molecule has 0 bridgehead atoms. The number of aromatic nitrogens is 3. The Morgan fingerprint density at radius 3 is 2.83 bits per heavy atom. The lowest BCUT2D eigenvalue weighted by Crippen LogP contribution is -3.14. The van der Waals surface area contributed by atoms with Gasteiger partial charge in [0.15, 0.2) is 0 Å². The van der Waals surface area contributed by atoms with Gasteiger partial charge in [-0.05, 0) is 19.4 Å². The molecule has 1 aliphatic heterocycles. The molecule has 3 rings (SSSR count). The smallest absolute Gasteiger partial charge is 0.146 e. The number of nitrogens with zero attached hydrogens (tertiary/aromatic N) is 3.